The van der Waals surface area contributed by atoms with Crippen molar-refractivity contribution >= 4 is 34.1 Å². The maximum absolute atomic E-state index is 5.82. The standard InChI is InChI=1S/C65H74N2/c1-11-14-16-18-26-37-65(38-27-19-17-15-12-2)60-44-55(66(53-29-22-20-23-30-53)62-46(4)39-51(40-47(62)5)59-43-50(59)28-13-3)33-35-57(60)58-36-34-56(45-61(58)65)67(54-31-24-21-25-32-54)63-48(6)41-52(42-49(63)7)64(8,9)10/h1-2,20-25,29-36,39-42,44-45,50,59H,13-19,26-28,37-38,43H2,3-10H3. The van der Waals surface area contributed by atoms with Gasteiger partial charge in [0.25, 0.3) is 0 Å². The Kier molecular flexibility index (Phi) is 14.5. The summed E-state index contributed by atoms with van der Waals surface area (Å²) < 4.78 is 0. The molecule has 1 fully saturated rings. The molecule has 0 saturated heterocycles. The molecule has 8 rings (SSSR count). The Labute approximate surface area is 405 Å². The van der Waals surface area contributed by atoms with E-state index in [0.29, 0.717) is 5.92 Å². The summed E-state index contributed by atoms with van der Waals surface area (Å²) in [6.45, 7) is 18.5. The maximum Gasteiger partial charge on any atom is 0.0520 e. The van der Waals surface area contributed by atoms with E-state index in [1.165, 1.54) is 109 Å². The molecule has 0 amide bonds. The minimum atomic E-state index is -0.206. The summed E-state index contributed by atoms with van der Waals surface area (Å²) >= 11 is 0. The van der Waals surface area contributed by atoms with Crippen molar-refractivity contribution in [2.45, 2.75) is 156 Å². The molecule has 0 aliphatic heterocycles. The van der Waals surface area contributed by atoms with Gasteiger partial charge in [-0.2, -0.15) is 0 Å². The summed E-state index contributed by atoms with van der Waals surface area (Å²) in [4.78, 5) is 5.07. The summed E-state index contributed by atoms with van der Waals surface area (Å²) in [6.07, 6.45) is 25.8. The van der Waals surface area contributed by atoms with Crippen molar-refractivity contribution in [3.05, 3.63) is 166 Å². The molecule has 0 heterocycles. The molecular formula is C65H74N2. The van der Waals surface area contributed by atoms with Gasteiger partial charge < -0.3 is 9.80 Å². The molecule has 0 N–H and O–H groups in total. The quantitative estimate of drug-likeness (QED) is 0.0591. The Morgan fingerprint density at radius 3 is 1.42 bits per heavy atom. The third-order valence-electron chi connectivity index (χ3n) is 15.1. The Bertz CT molecular complexity index is 2680. The second-order valence-electron chi connectivity index (χ2n) is 21.0. The number of hydrogen-bond acceptors (Lipinski definition) is 2. The fraction of sp³-hybridized carbons (Fsp3) is 0.385. The van der Waals surface area contributed by atoms with E-state index >= 15 is 0 Å². The van der Waals surface area contributed by atoms with E-state index in [9.17, 15) is 0 Å². The van der Waals surface area contributed by atoms with Crippen molar-refractivity contribution in [1.29, 1.82) is 0 Å². The lowest BCUT2D eigenvalue weighted by Crippen LogP contribution is -2.26. The van der Waals surface area contributed by atoms with Crippen LogP contribution >= 0.6 is 0 Å². The van der Waals surface area contributed by atoms with Gasteiger partial charge in [0.15, 0.2) is 0 Å². The van der Waals surface area contributed by atoms with Gasteiger partial charge in [-0.05, 0) is 181 Å². The van der Waals surface area contributed by atoms with Gasteiger partial charge in [0.05, 0.1) is 11.4 Å². The number of hydrogen-bond donors (Lipinski definition) is 0. The lowest BCUT2D eigenvalue weighted by molar-refractivity contribution is 0.403. The lowest BCUT2D eigenvalue weighted by atomic mass is 9.70. The molecule has 67 heavy (non-hydrogen) atoms. The predicted octanol–water partition coefficient (Wildman–Crippen LogP) is 18.5. The highest BCUT2D eigenvalue weighted by Crippen LogP contribution is 2.58. The van der Waals surface area contributed by atoms with Crippen LogP contribution in [0.15, 0.2) is 121 Å². The van der Waals surface area contributed by atoms with E-state index in [4.69, 9.17) is 12.8 Å². The Morgan fingerprint density at radius 1 is 0.552 bits per heavy atom. The van der Waals surface area contributed by atoms with Crippen molar-refractivity contribution in [2.24, 2.45) is 5.92 Å². The first-order chi connectivity index (χ1) is 32.4. The van der Waals surface area contributed by atoms with Crippen molar-refractivity contribution in [3.8, 4) is 35.8 Å². The molecule has 6 aromatic carbocycles. The van der Waals surface area contributed by atoms with Gasteiger partial charge in [-0.1, -0.05) is 139 Å². The lowest BCUT2D eigenvalue weighted by Gasteiger charge is -2.36. The zero-order chi connectivity index (χ0) is 47.3. The van der Waals surface area contributed by atoms with Crippen LogP contribution in [0.1, 0.15) is 162 Å². The fourth-order valence-corrected chi connectivity index (χ4v) is 11.7. The van der Waals surface area contributed by atoms with Crippen molar-refractivity contribution in [1.82, 2.24) is 0 Å². The molecule has 344 valence electrons. The summed E-state index contributed by atoms with van der Waals surface area (Å²) in [6, 6.07) is 46.7. The molecule has 2 heteroatoms. The number of para-hydroxylation sites is 2. The number of benzene rings is 6. The molecular weight excluding hydrogens is 809 g/mol. The number of terminal acetylenes is 2. The van der Waals surface area contributed by atoms with Crippen LogP contribution in [-0.4, -0.2) is 0 Å². The molecule has 0 bridgehead atoms. The number of rotatable bonds is 19. The number of fused-ring (bicyclic) bond motifs is 3. The second-order valence-corrected chi connectivity index (χ2v) is 21.0. The SMILES string of the molecule is C#CCCCCCC1(CCCCCC#C)c2cc(N(c3ccccc3)c3c(C)cc(C4CC4CCC)cc3C)ccc2-c2ccc(N(c3ccccc3)c3c(C)cc(C(C)(C)C)cc3C)cc21. The average Bonchev–Trinajstić information content (AvgIpc) is 4.04. The van der Waals surface area contributed by atoms with Crippen molar-refractivity contribution in [3.63, 3.8) is 0 Å². The van der Waals surface area contributed by atoms with Crippen LogP contribution < -0.4 is 9.80 Å². The third-order valence-corrected chi connectivity index (χ3v) is 15.1. The number of aryl methyl sites for hydroxylation is 4. The summed E-state index contributed by atoms with van der Waals surface area (Å²) in [7, 11) is 0. The normalized spacial score (nSPS) is 15.6. The van der Waals surface area contributed by atoms with Gasteiger partial charge in [-0.15, -0.1) is 24.7 Å². The molecule has 2 nitrogen and oxygen atoms in total. The summed E-state index contributed by atoms with van der Waals surface area (Å²) in [5.41, 5.74) is 20.9. The van der Waals surface area contributed by atoms with Crippen LogP contribution in [0.3, 0.4) is 0 Å². The molecule has 2 atom stereocenters. The predicted molar refractivity (Wildman–Crippen MR) is 289 cm³/mol. The van der Waals surface area contributed by atoms with Gasteiger partial charge in [-0.25, -0.2) is 0 Å². The monoisotopic (exact) mass is 883 g/mol. The van der Waals surface area contributed by atoms with Crippen LogP contribution in [0.5, 0.6) is 0 Å². The first-order valence-electron chi connectivity index (χ1n) is 25.5. The number of nitrogens with zero attached hydrogens (tertiary/aromatic N) is 2. The molecule has 0 aromatic heterocycles. The highest BCUT2D eigenvalue weighted by molar-refractivity contribution is 5.90. The first kappa shape index (κ1) is 47.5. The molecule has 2 aliphatic rings. The number of unbranched alkanes of at least 4 members (excludes halogenated alkanes) is 6. The summed E-state index contributed by atoms with van der Waals surface area (Å²) in [5, 5.41) is 0. The van der Waals surface area contributed by atoms with Crippen LogP contribution in [0.25, 0.3) is 11.1 Å². The van der Waals surface area contributed by atoms with E-state index in [0.717, 1.165) is 70.1 Å². The van der Waals surface area contributed by atoms with Crippen LogP contribution in [0, 0.1) is 58.3 Å². The van der Waals surface area contributed by atoms with Gasteiger partial charge in [0.2, 0.25) is 0 Å². The fourth-order valence-electron chi connectivity index (χ4n) is 11.7. The third kappa shape index (κ3) is 9.89. The number of anilines is 6. The van der Waals surface area contributed by atoms with E-state index < -0.39 is 0 Å². The molecule has 0 radical (unpaired) electrons. The van der Waals surface area contributed by atoms with Crippen LogP contribution in [-0.2, 0) is 10.8 Å². The highest BCUT2D eigenvalue weighted by atomic mass is 15.2. The van der Waals surface area contributed by atoms with Crippen molar-refractivity contribution < 1.29 is 0 Å². The average molecular weight is 883 g/mol. The topological polar surface area (TPSA) is 6.48 Å². The zero-order valence-corrected chi connectivity index (χ0v) is 41.9. The molecule has 2 unspecified atom stereocenters. The Hall–Kier alpha value is -5.96. The Balaban J connectivity index is 1.32. The van der Waals surface area contributed by atoms with Crippen LogP contribution in [0.4, 0.5) is 34.1 Å². The first-order valence-corrected chi connectivity index (χ1v) is 25.5. The largest absolute Gasteiger partial charge is 0.310 e. The van der Waals surface area contributed by atoms with Crippen molar-refractivity contribution in [2.75, 3.05) is 9.80 Å². The van der Waals surface area contributed by atoms with E-state index in [2.05, 4.69) is 198 Å². The smallest absolute Gasteiger partial charge is 0.0520 e. The molecule has 0 spiro atoms. The van der Waals surface area contributed by atoms with E-state index in [-0.39, 0.29) is 10.8 Å². The minimum Gasteiger partial charge on any atom is -0.310 e. The Morgan fingerprint density at radius 2 is 1.00 bits per heavy atom. The van der Waals surface area contributed by atoms with Gasteiger partial charge in [-0.3, -0.25) is 0 Å². The molecule has 1 saturated carbocycles. The van der Waals surface area contributed by atoms with Gasteiger partial charge >= 0.3 is 0 Å². The summed E-state index contributed by atoms with van der Waals surface area (Å²) in [5.74, 6) is 7.35. The van der Waals surface area contributed by atoms with Crippen LogP contribution in [0.2, 0.25) is 0 Å². The molecule has 2 aliphatic carbocycles. The second kappa shape index (κ2) is 20.5. The van der Waals surface area contributed by atoms with Gasteiger partial charge in [0.1, 0.15) is 0 Å². The highest BCUT2D eigenvalue weighted by Gasteiger charge is 2.44. The minimum absolute atomic E-state index is 0.0509. The van der Waals surface area contributed by atoms with Gasteiger partial charge in [0, 0.05) is 41.0 Å². The van der Waals surface area contributed by atoms with E-state index in [1.54, 1.807) is 0 Å². The van der Waals surface area contributed by atoms with E-state index in [1.807, 2.05) is 0 Å². The molecule has 6 aromatic rings. The maximum atomic E-state index is 5.82. The zero-order valence-electron chi connectivity index (χ0n) is 41.9.